The Morgan fingerprint density at radius 1 is 1.73 bits per heavy atom. The lowest BCUT2D eigenvalue weighted by Crippen LogP contribution is -2.35. The van der Waals surface area contributed by atoms with Gasteiger partial charge in [-0.05, 0) is 24.3 Å². The number of rotatable bonds is 4. The summed E-state index contributed by atoms with van der Waals surface area (Å²) in [5, 5.41) is 6.15. The van der Waals surface area contributed by atoms with Crippen molar-refractivity contribution in [3.63, 3.8) is 0 Å². The minimum absolute atomic E-state index is 0.0793. The van der Waals surface area contributed by atoms with E-state index in [4.69, 9.17) is 11.6 Å². The molecule has 0 radical (unpaired) electrons. The molecule has 0 aliphatic heterocycles. The average molecular weight is 311 g/mol. The number of amides is 1. The summed E-state index contributed by atoms with van der Waals surface area (Å²) in [5.74, 6) is -0.0793. The van der Waals surface area contributed by atoms with Crippen LogP contribution in [0.5, 0.6) is 0 Å². The molecule has 1 unspecified atom stereocenters. The molecule has 15 heavy (non-hydrogen) atoms. The Balaban J connectivity index is 2.73. The van der Waals surface area contributed by atoms with Crippen molar-refractivity contribution < 1.29 is 4.79 Å². The SMILES string of the molecule is CCC(CBr)NC(=O)c1scc(C)c1Cl. The van der Waals surface area contributed by atoms with Crippen LogP contribution in [0.2, 0.25) is 5.02 Å². The maximum Gasteiger partial charge on any atom is 0.263 e. The smallest absolute Gasteiger partial charge is 0.263 e. The van der Waals surface area contributed by atoms with Crippen LogP contribution in [0, 0.1) is 6.92 Å². The number of hydrogen-bond acceptors (Lipinski definition) is 2. The zero-order valence-electron chi connectivity index (χ0n) is 8.64. The lowest BCUT2D eigenvalue weighted by atomic mass is 10.2. The summed E-state index contributed by atoms with van der Waals surface area (Å²) in [6, 6.07) is 0.163. The highest BCUT2D eigenvalue weighted by Crippen LogP contribution is 2.27. The molecule has 0 saturated heterocycles. The van der Waals surface area contributed by atoms with Gasteiger partial charge in [-0.1, -0.05) is 34.5 Å². The first kappa shape index (κ1) is 13.0. The van der Waals surface area contributed by atoms with Crippen LogP contribution < -0.4 is 5.32 Å². The summed E-state index contributed by atoms with van der Waals surface area (Å²) in [6.07, 6.45) is 0.902. The Morgan fingerprint density at radius 2 is 2.40 bits per heavy atom. The summed E-state index contributed by atoms with van der Waals surface area (Å²) in [7, 11) is 0. The molecular formula is C10H13BrClNOS. The lowest BCUT2D eigenvalue weighted by molar-refractivity contribution is 0.0944. The van der Waals surface area contributed by atoms with Gasteiger partial charge in [-0.3, -0.25) is 4.79 Å². The number of carbonyl (C=O) groups excluding carboxylic acids is 1. The first-order valence-electron chi connectivity index (χ1n) is 4.70. The van der Waals surface area contributed by atoms with Gasteiger partial charge in [0, 0.05) is 11.4 Å². The summed E-state index contributed by atoms with van der Waals surface area (Å²) in [5.41, 5.74) is 0.957. The molecule has 0 fully saturated rings. The number of nitrogens with one attached hydrogen (secondary N) is 1. The van der Waals surface area contributed by atoms with E-state index in [-0.39, 0.29) is 11.9 Å². The van der Waals surface area contributed by atoms with Crippen LogP contribution in [0.15, 0.2) is 5.38 Å². The van der Waals surface area contributed by atoms with Crippen molar-refractivity contribution >= 4 is 44.8 Å². The van der Waals surface area contributed by atoms with E-state index in [1.54, 1.807) is 0 Å². The van der Waals surface area contributed by atoms with E-state index < -0.39 is 0 Å². The molecule has 0 saturated carbocycles. The quantitative estimate of drug-likeness (QED) is 0.846. The maximum absolute atomic E-state index is 11.8. The summed E-state index contributed by atoms with van der Waals surface area (Å²) in [4.78, 5) is 12.4. The third-order valence-corrected chi connectivity index (χ3v) is 4.60. The molecule has 1 N–H and O–H groups in total. The van der Waals surface area contributed by atoms with Gasteiger partial charge in [0.05, 0.1) is 5.02 Å². The molecule has 0 aromatic carbocycles. The summed E-state index contributed by atoms with van der Waals surface area (Å²) in [6.45, 7) is 3.94. The molecule has 2 nitrogen and oxygen atoms in total. The van der Waals surface area contributed by atoms with Crippen molar-refractivity contribution in [2.45, 2.75) is 26.3 Å². The molecule has 1 aromatic heterocycles. The second-order valence-corrected chi connectivity index (χ2v) is 5.20. The van der Waals surface area contributed by atoms with Crippen LogP contribution in [0.3, 0.4) is 0 Å². The number of thiophene rings is 1. The van der Waals surface area contributed by atoms with E-state index in [1.165, 1.54) is 11.3 Å². The highest BCUT2D eigenvalue weighted by atomic mass is 79.9. The van der Waals surface area contributed by atoms with Crippen molar-refractivity contribution in [2.75, 3.05) is 5.33 Å². The van der Waals surface area contributed by atoms with Gasteiger partial charge in [0.25, 0.3) is 5.91 Å². The van der Waals surface area contributed by atoms with E-state index in [0.29, 0.717) is 9.90 Å². The molecule has 1 heterocycles. The maximum atomic E-state index is 11.8. The Morgan fingerprint density at radius 3 is 2.80 bits per heavy atom. The minimum atomic E-state index is -0.0793. The second kappa shape index (κ2) is 5.87. The van der Waals surface area contributed by atoms with Crippen LogP contribution in [0.1, 0.15) is 28.6 Å². The third-order valence-electron chi connectivity index (χ3n) is 2.12. The molecule has 0 aliphatic rings. The van der Waals surface area contributed by atoms with Gasteiger partial charge in [0.2, 0.25) is 0 Å². The minimum Gasteiger partial charge on any atom is -0.348 e. The predicted octanol–water partition coefficient (Wildman–Crippen LogP) is 3.61. The van der Waals surface area contributed by atoms with Gasteiger partial charge in [-0.15, -0.1) is 11.3 Å². The van der Waals surface area contributed by atoms with Crippen molar-refractivity contribution in [3.05, 3.63) is 20.8 Å². The van der Waals surface area contributed by atoms with Crippen molar-refractivity contribution in [3.8, 4) is 0 Å². The topological polar surface area (TPSA) is 29.1 Å². The molecule has 1 rings (SSSR count). The summed E-state index contributed by atoms with van der Waals surface area (Å²) >= 11 is 10.8. The Kier molecular flexibility index (Phi) is 5.09. The van der Waals surface area contributed by atoms with E-state index in [0.717, 1.165) is 17.3 Å². The average Bonchev–Trinajstić information content (AvgIpc) is 2.56. The molecule has 1 aromatic rings. The highest BCUT2D eigenvalue weighted by Gasteiger charge is 2.16. The fourth-order valence-corrected chi connectivity index (χ4v) is 2.89. The molecule has 84 valence electrons. The molecule has 0 bridgehead atoms. The fraction of sp³-hybridized carbons (Fsp3) is 0.500. The van der Waals surface area contributed by atoms with E-state index >= 15 is 0 Å². The molecule has 0 spiro atoms. The fourth-order valence-electron chi connectivity index (χ4n) is 1.08. The molecule has 0 aliphatic carbocycles. The van der Waals surface area contributed by atoms with Gasteiger partial charge in [-0.25, -0.2) is 0 Å². The molecule has 1 amide bonds. The highest BCUT2D eigenvalue weighted by molar-refractivity contribution is 9.09. The van der Waals surface area contributed by atoms with Crippen LogP contribution in [-0.4, -0.2) is 17.3 Å². The largest absolute Gasteiger partial charge is 0.348 e. The van der Waals surface area contributed by atoms with E-state index in [2.05, 4.69) is 21.2 Å². The van der Waals surface area contributed by atoms with E-state index in [1.807, 2.05) is 19.2 Å². The first-order valence-corrected chi connectivity index (χ1v) is 7.08. The Bertz CT molecular complexity index is 349. The van der Waals surface area contributed by atoms with E-state index in [9.17, 15) is 4.79 Å². The van der Waals surface area contributed by atoms with Crippen LogP contribution >= 0.6 is 38.9 Å². The monoisotopic (exact) mass is 309 g/mol. The number of aryl methyl sites for hydroxylation is 1. The van der Waals surface area contributed by atoms with Gasteiger partial charge in [-0.2, -0.15) is 0 Å². The Hall–Kier alpha value is -0.0600. The predicted molar refractivity (Wildman–Crippen MR) is 69.4 cm³/mol. The second-order valence-electron chi connectivity index (χ2n) is 3.29. The first-order chi connectivity index (χ1) is 7.10. The van der Waals surface area contributed by atoms with Gasteiger partial charge < -0.3 is 5.32 Å². The zero-order chi connectivity index (χ0) is 11.4. The van der Waals surface area contributed by atoms with Gasteiger partial charge in [0.1, 0.15) is 4.88 Å². The molecule has 1 atom stereocenters. The number of carbonyl (C=O) groups is 1. The van der Waals surface area contributed by atoms with Crippen molar-refractivity contribution in [2.24, 2.45) is 0 Å². The van der Waals surface area contributed by atoms with Gasteiger partial charge in [0.15, 0.2) is 0 Å². The Labute approximate surface area is 107 Å². The van der Waals surface area contributed by atoms with Crippen molar-refractivity contribution in [1.82, 2.24) is 5.32 Å². The summed E-state index contributed by atoms with van der Waals surface area (Å²) < 4.78 is 0. The van der Waals surface area contributed by atoms with Crippen LogP contribution in [-0.2, 0) is 0 Å². The van der Waals surface area contributed by atoms with Crippen LogP contribution in [0.25, 0.3) is 0 Å². The number of halogens is 2. The third kappa shape index (κ3) is 3.20. The lowest BCUT2D eigenvalue weighted by Gasteiger charge is -2.13. The number of alkyl halides is 1. The normalized spacial score (nSPS) is 12.5. The standard InChI is InChI=1S/C10H13BrClNOS/c1-3-7(4-11)13-10(14)9-8(12)6(2)5-15-9/h5,7H,3-4H2,1-2H3,(H,13,14). The number of hydrogen-bond donors (Lipinski definition) is 1. The van der Waals surface area contributed by atoms with Crippen LogP contribution in [0.4, 0.5) is 0 Å². The zero-order valence-corrected chi connectivity index (χ0v) is 11.8. The van der Waals surface area contributed by atoms with Gasteiger partial charge >= 0.3 is 0 Å². The molecule has 5 heteroatoms. The molecular weight excluding hydrogens is 298 g/mol. The van der Waals surface area contributed by atoms with Crippen molar-refractivity contribution in [1.29, 1.82) is 0 Å².